The number of aryl methyl sites for hydroxylation is 1. The summed E-state index contributed by atoms with van der Waals surface area (Å²) in [6.45, 7) is 2.45. The number of benzene rings is 1. The number of nitrogens with zero attached hydrogens (tertiary/aromatic N) is 1. The molecule has 0 radical (unpaired) electrons. The zero-order valence-electron chi connectivity index (χ0n) is 12.2. The van der Waals surface area contributed by atoms with Crippen LogP contribution < -0.4 is 5.73 Å². The summed E-state index contributed by atoms with van der Waals surface area (Å²) in [5, 5.41) is 0. The number of nitrogens with two attached hydrogens (primary N) is 1. The van der Waals surface area contributed by atoms with Crippen LogP contribution in [0.1, 0.15) is 17.5 Å². The minimum Gasteiger partial charge on any atom is -0.340 e. The van der Waals surface area contributed by atoms with Gasteiger partial charge in [0.15, 0.2) is 0 Å². The first-order valence-corrected chi connectivity index (χ1v) is 8.49. The zero-order chi connectivity index (χ0) is 15.3. The van der Waals surface area contributed by atoms with Crippen LogP contribution in [0.5, 0.6) is 0 Å². The van der Waals surface area contributed by atoms with Gasteiger partial charge in [-0.25, -0.2) is 8.42 Å². The lowest BCUT2D eigenvalue weighted by Gasteiger charge is -2.21. The molecular weight excluding hydrogens is 276 g/mol. The molecule has 0 bridgehead atoms. The van der Waals surface area contributed by atoms with Crippen LogP contribution in [-0.2, 0) is 21.2 Å². The van der Waals surface area contributed by atoms with Gasteiger partial charge in [-0.1, -0.05) is 29.8 Å². The van der Waals surface area contributed by atoms with Gasteiger partial charge < -0.3 is 10.6 Å². The lowest BCUT2D eigenvalue weighted by atomic mass is 10.1. The lowest BCUT2D eigenvalue weighted by Crippen LogP contribution is -2.42. The smallest absolute Gasteiger partial charge is 0.239 e. The van der Waals surface area contributed by atoms with Crippen LogP contribution in [0.4, 0.5) is 0 Å². The van der Waals surface area contributed by atoms with Crippen LogP contribution in [0.2, 0.25) is 0 Å². The molecule has 1 amide bonds. The molecule has 0 spiro atoms. The second-order valence-corrected chi connectivity index (χ2v) is 7.47. The number of likely N-dealkylation sites (N-methyl/N-ethyl adjacent to an activating group) is 1. The van der Waals surface area contributed by atoms with Crippen molar-refractivity contribution < 1.29 is 13.2 Å². The Morgan fingerprint density at radius 3 is 2.60 bits per heavy atom. The van der Waals surface area contributed by atoms with Gasteiger partial charge in [0.05, 0.1) is 11.8 Å². The molecule has 0 aliphatic heterocycles. The van der Waals surface area contributed by atoms with Gasteiger partial charge >= 0.3 is 0 Å². The number of hydrogen-bond donors (Lipinski definition) is 1. The van der Waals surface area contributed by atoms with Crippen LogP contribution >= 0.6 is 0 Å². The highest BCUT2D eigenvalue weighted by molar-refractivity contribution is 7.90. The molecule has 1 aromatic carbocycles. The Bertz CT molecular complexity index is 570. The topological polar surface area (TPSA) is 80.5 Å². The average Bonchev–Trinajstić information content (AvgIpc) is 2.34. The molecular formula is C14H22N2O3S. The number of carbonyl (C=O) groups is 1. The molecule has 112 valence electrons. The largest absolute Gasteiger partial charge is 0.340 e. The van der Waals surface area contributed by atoms with E-state index in [0.29, 0.717) is 6.54 Å². The predicted octanol–water partition coefficient (Wildman–Crippen LogP) is 0.715. The highest BCUT2D eigenvalue weighted by Crippen LogP contribution is 2.08. The van der Waals surface area contributed by atoms with E-state index in [0.717, 1.165) is 17.4 Å². The number of amides is 1. The SMILES string of the molecule is Cc1cccc(CN(C)C(=O)C(N)CCS(C)(=O)=O)c1. The number of carbonyl (C=O) groups excluding carboxylic acids is 1. The third-order valence-electron chi connectivity index (χ3n) is 3.00. The van der Waals surface area contributed by atoms with Crippen molar-refractivity contribution in [1.29, 1.82) is 0 Å². The Morgan fingerprint density at radius 2 is 2.05 bits per heavy atom. The van der Waals surface area contributed by atoms with Crippen molar-refractivity contribution in [2.45, 2.75) is 25.9 Å². The molecule has 0 saturated carbocycles. The summed E-state index contributed by atoms with van der Waals surface area (Å²) in [6, 6.07) is 7.10. The normalized spacial score (nSPS) is 13.0. The van der Waals surface area contributed by atoms with Gasteiger partial charge in [-0.3, -0.25) is 4.79 Å². The van der Waals surface area contributed by atoms with E-state index in [1.807, 2.05) is 31.2 Å². The molecule has 0 saturated heterocycles. The summed E-state index contributed by atoms with van der Waals surface area (Å²) in [6.07, 6.45) is 1.29. The van der Waals surface area contributed by atoms with E-state index in [9.17, 15) is 13.2 Å². The first-order valence-electron chi connectivity index (χ1n) is 6.43. The molecule has 0 aliphatic rings. The second-order valence-electron chi connectivity index (χ2n) is 5.21. The van der Waals surface area contributed by atoms with Gasteiger partial charge in [0.2, 0.25) is 5.91 Å². The van der Waals surface area contributed by atoms with Crippen LogP contribution in [0, 0.1) is 6.92 Å². The van der Waals surface area contributed by atoms with Crippen LogP contribution in [0.3, 0.4) is 0 Å². The predicted molar refractivity (Wildman–Crippen MR) is 80.0 cm³/mol. The highest BCUT2D eigenvalue weighted by Gasteiger charge is 2.19. The maximum Gasteiger partial charge on any atom is 0.239 e. The first kappa shape index (κ1) is 16.7. The summed E-state index contributed by atoms with van der Waals surface area (Å²) in [5.41, 5.74) is 7.91. The standard InChI is InChI=1S/C14H22N2O3S/c1-11-5-4-6-12(9-11)10-16(2)14(17)13(15)7-8-20(3,18)19/h4-6,9,13H,7-8,10,15H2,1-3H3. The third-order valence-corrected chi connectivity index (χ3v) is 3.97. The number of hydrogen-bond acceptors (Lipinski definition) is 4. The second kappa shape index (κ2) is 6.85. The molecule has 1 aromatic rings. The fourth-order valence-corrected chi connectivity index (χ4v) is 2.59. The van der Waals surface area contributed by atoms with Crippen molar-refractivity contribution >= 4 is 15.7 Å². The van der Waals surface area contributed by atoms with Crippen molar-refractivity contribution in [3.8, 4) is 0 Å². The molecule has 1 unspecified atom stereocenters. The first-order chi connectivity index (χ1) is 9.19. The Morgan fingerprint density at radius 1 is 1.40 bits per heavy atom. The monoisotopic (exact) mass is 298 g/mol. The quantitative estimate of drug-likeness (QED) is 0.839. The van der Waals surface area contributed by atoms with Crippen molar-refractivity contribution in [1.82, 2.24) is 4.90 Å². The maximum atomic E-state index is 12.1. The molecule has 2 N–H and O–H groups in total. The average molecular weight is 298 g/mol. The van der Waals surface area contributed by atoms with Gasteiger partial charge in [-0.15, -0.1) is 0 Å². The van der Waals surface area contributed by atoms with Crippen molar-refractivity contribution in [2.24, 2.45) is 5.73 Å². The number of sulfone groups is 1. The van der Waals surface area contributed by atoms with Gasteiger partial charge in [-0.05, 0) is 18.9 Å². The van der Waals surface area contributed by atoms with Gasteiger partial charge in [0.25, 0.3) is 0 Å². The fourth-order valence-electron chi connectivity index (χ4n) is 1.91. The summed E-state index contributed by atoms with van der Waals surface area (Å²) in [5.74, 6) is -0.312. The van der Waals surface area contributed by atoms with E-state index >= 15 is 0 Å². The van der Waals surface area contributed by atoms with Gasteiger partial charge in [-0.2, -0.15) is 0 Å². The third kappa shape index (κ3) is 5.71. The lowest BCUT2D eigenvalue weighted by molar-refractivity contribution is -0.131. The maximum absolute atomic E-state index is 12.1. The zero-order valence-corrected chi connectivity index (χ0v) is 13.0. The molecule has 0 aromatic heterocycles. The van der Waals surface area contributed by atoms with E-state index in [1.165, 1.54) is 4.90 Å². The molecule has 0 fully saturated rings. The molecule has 20 heavy (non-hydrogen) atoms. The summed E-state index contributed by atoms with van der Waals surface area (Å²) >= 11 is 0. The van der Waals surface area contributed by atoms with Crippen molar-refractivity contribution in [2.75, 3.05) is 19.1 Å². The Hall–Kier alpha value is -1.40. The Labute approximate surface area is 120 Å². The van der Waals surface area contributed by atoms with Gasteiger partial charge in [0.1, 0.15) is 9.84 Å². The molecule has 0 heterocycles. The molecule has 6 heteroatoms. The fraction of sp³-hybridized carbons (Fsp3) is 0.500. The van der Waals surface area contributed by atoms with E-state index in [-0.39, 0.29) is 18.1 Å². The molecule has 0 aliphatic carbocycles. The molecule has 1 atom stereocenters. The van der Waals surface area contributed by atoms with Gasteiger partial charge in [0, 0.05) is 19.8 Å². The van der Waals surface area contributed by atoms with Crippen LogP contribution in [-0.4, -0.2) is 44.3 Å². The molecule has 1 rings (SSSR count). The minimum absolute atomic E-state index is 0.0712. The van der Waals surface area contributed by atoms with Crippen LogP contribution in [0.25, 0.3) is 0 Å². The van der Waals surface area contributed by atoms with Crippen molar-refractivity contribution in [3.05, 3.63) is 35.4 Å². The van der Waals surface area contributed by atoms with E-state index in [2.05, 4.69) is 0 Å². The van der Waals surface area contributed by atoms with Crippen LogP contribution in [0.15, 0.2) is 24.3 Å². The van der Waals surface area contributed by atoms with E-state index in [1.54, 1.807) is 7.05 Å². The summed E-state index contributed by atoms with van der Waals surface area (Å²) in [4.78, 5) is 13.6. The minimum atomic E-state index is -3.09. The van der Waals surface area contributed by atoms with E-state index in [4.69, 9.17) is 5.73 Å². The Kier molecular flexibility index (Phi) is 5.71. The van der Waals surface area contributed by atoms with E-state index < -0.39 is 15.9 Å². The highest BCUT2D eigenvalue weighted by atomic mass is 32.2. The number of rotatable bonds is 6. The van der Waals surface area contributed by atoms with Crippen molar-refractivity contribution in [3.63, 3.8) is 0 Å². The molecule has 5 nitrogen and oxygen atoms in total. The summed E-state index contributed by atoms with van der Waals surface area (Å²) < 4.78 is 22.2. The Balaban J connectivity index is 2.58. The summed E-state index contributed by atoms with van der Waals surface area (Å²) in [7, 11) is -1.42.